The number of rotatable bonds is 6. The van der Waals surface area contributed by atoms with Crippen LogP contribution in [0.15, 0.2) is 30.3 Å². The quantitative estimate of drug-likeness (QED) is 0.475. The fourth-order valence-electron chi connectivity index (χ4n) is 8.18. The van der Waals surface area contributed by atoms with Crippen LogP contribution in [0.5, 0.6) is 0 Å². The molecule has 1 N–H and O–H groups in total. The number of Topliss-reactive ketones (excluding diaryl/α,β-unsaturated/α-hetero) is 1. The average Bonchev–Trinajstić information content (AvgIpc) is 3.42. The molecule has 2 aromatic rings. The first-order valence-corrected chi connectivity index (χ1v) is 13.7. The minimum atomic E-state index is -0.452. The van der Waals surface area contributed by atoms with E-state index in [4.69, 9.17) is 0 Å². The molecule has 0 radical (unpaired) electrons. The Morgan fingerprint density at radius 2 is 1.85 bits per heavy atom. The summed E-state index contributed by atoms with van der Waals surface area (Å²) in [5.41, 5.74) is 1.59. The molecular weight excluding hydrogens is 406 g/mol. The summed E-state index contributed by atoms with van der Waals surface area (Å²) in [5.74, 6) is 4.35. The smallest absolute Gasteiger partial charge is 0.182 e. The highest BCUT2D eigenvalue weighted by Crippen LogP contribution is 2.55. The van der Waals surface area contributed by atoms with Crippen LogP contribution in [-0.4, -0.2) is 21.1 Å². The molecule has 3 saturated carbocycles. The van der Waals surface area contributed by atoms with E-state index in [1.54, 1.807) is 0 Å². The second kappa shape index (κ2) is 9.21. The van der Waals surface area contributed by atoms with Gasteiger partial charge in [-0.2, -0.15) is 0 Å². The van der Waals surface area contributed by atoms with Gasteiger partial charge in [-0.3, -0.25) is 4.79 Å². The zero-order chi connectivity index (χ0) is 23.2. The zero-order valence-corrected chi connectivity index (χ0v) is 20.9. The summed E-state index contributed by atoms with van der Waals surface area (Å²) in [6.45, 7) is 4.37. The standard InChI is InChI=1S/C30H43NO2/c1-4-5-9-26-24(14-13-23-19-30(2,33)16-15-25(23)26)20-11-12-22(17-20)29(32)28-18-21-8-6-7-10-27(21)31(28)3/h6-8,10,18,20,22-26,33H,4-5,9,11-17,19H2,1-3H3/t20-,22+,23-,24+,25+,26+,30-/m1/s1. The predicted octanol–water partition coefficient (Wildman–Crippen LogP) is 7.16. The molecule has 3 heteroatoms. The van der Waals surface area contributed by atoms with Crippen LogP contribution in [0.2, 0.25) is 0 Å². The Morgan fingerprint density at radius 3 is 2.64 bits per heavy atom. The molecule has 0 bridgehead atoms. The summed E-state index contributed by atoms with van der Waals surface area (Å²) in [4.78, 5) is 13.6. The van der Waals surface area contributed by atoms with Crippen LogP contribution >= 0.6 is 0 Å². The highest BCUT2D eigenvalue weighted by Gasteiger charge is 2.48. The van der Waals surface area contributed by atoms with Crippen LogP contribution in [-0.2, 0) is 7.05 Å². The van der Waals surface area contributed by atoms with E-state index in [1.807, 2.05) is 7.05 Å². The van der Waals surface area contributed by atoms with Crippen LogP contribution in [0.3, 0.4) is 0 Å². The van der Waals surface area contributed by atoms with Crippen molar-refractivity contribution in [1.82, 2.24) is 4.57 Å². The first kappa shape index (κ1) is 23.1. The Kier molecular flexibility index (Phi) is 6.46. The van der Waals surface area contributed by atoms with Crippen LogP contribution < -0.4 is 0 Å². The van der Waals surface area contributed by atoms with E-state index in [-0.39, 0.29) is 5.92 Å². The number of unbranched alkanes of at least 4 members (excludes halogenated alkanes) is 1. The molecule has 180 valence electrons. The van der Waals surface area contributed by atoms with Crippen LogP contribution in [0.4, 0.5) is 0 Å². The summed E-state index contributed by atoms with van der Waals surface area (Å²) < 4.78 is 2.11. The molecule has 1 heterocycles. The third-order valence-electron chi connectivity index (χ3n) is 9.84. The van der Waals surface area contributed by atoms with Gasteiger partial charge in [0.05, 0.1) is 11.3 Å². The van der Waals surface area contributed by atoms with Crippen molar-refractivity contribution in [2.24, 2.45) is 42.6 Å². The Morgan fingerprint density at radius 1 is 1.09 bits per heavy atom. The molecular formula is C30H43NO2. The van der Waals surface area contributed by atoms with E-state index >= 15 is 0 Å². The molecule has 3 aliphatic rings. The Hall–Kier alpha value is -1.61. The lowest BCUT2D eigenvalue weighted by molar-refractivity contribution is -0.0677. The van der Waals surface area contributed by atoms with Crippen molar-refractivity contribution in [3.8, 4) is 0 Å². The molecule has 3 fully saturated rings. The Bertz CT molecular complexity index is 988. The number of fused-ring (bicyclic) bond motifs is 2. The summed E-state index contributed by atoms with van der Waals surface area (Å²) in [5, 5.41) is 11.9. The first-order chi connectivity index (χ1) is 15.9. The van der Waals surface area contributed by atoms with Gasteiger partial charge in [-0.05, 0) is 106 Å². The number of aryl methyl sites for hydroxylation is 1. The summed E-state index contributed by atoms with van der Waals surface area (Å²) in [6.07, 6.45) is 13.1. The van der Waals surface area contributed by atoms with Gasteiger partial charge < -0.3 is 9.67 Å². The van der Waals surface area contributed by atoms with Crippen molar-refractivity contribution >= 4 is 16.7 Å². The van der Waals surface area contributed by atoms with E-state index in [0.29, 0.717) is 17.6 Å². The van der Waals surface area contributed by atoms with E-state index in [2.05, 4.69) is 48.7 Å². The van der Waals surface area contributed by atoms with E-state index in [0.717, 1.165) is 54.6 Å². The molecule has 0 unspecified atom stereocenters. The van der Waals surface area contributed by atoms with Gasteiger partial charge in [0, 0.05) is 23.9 Å². The fourth-order valence-corrected chi connectivity index (χ4v) is 8.18. The molecule has 0 aliphatic heterocycles. The predicted molar refractivity (Wildman–Crippen MR) is 135 cm³/mol. The van der Waals surface area contributed by atoms with Crippen LogP contribution in [0.25, 0.3) is 10.9 Å². The second-order valence-electron chi connectivity index (χ2n) is 12.0. The number of aromatic nitrogens is 1. The van der Waals surface area contributed by atoms with Gasteiger partial charge in [-0.25, -0.2) is 0 Å². The number of benzene rings is 1. The van der Waals surface area contributed by atoms with E-state index < -0.39 is 5.60 Å². The van der Waals surface area contributed by atoms with Crippen molar-refractivity contribution in [2.45, 2.75) is 90.1 Å². The monoisotopic (exact) mass is 449 g/mol. The summed E-state index contributed by atoms with van der Waals surface area (Å²) in [6, 6.07) is 10.4. The molecule has 7 atom stereocenters. The molecule has 0 saturated heterocycles. The maximum Gasteiger partial charge on any atom is 0.182 e. The normalized spacial score (nSPS) is 36.7. The van der Waals surface area contributed by atoms with Crippen molar-refractivity contribution < 1.29 is 9.90 Å². The second-order valence-corrected chi connectivity index (χ2v) is 12.0. The summed E-state index contributed by atoms with van der Waals surface area (Å²) in [7, 11) is 2.04. The van der Waals surface area contributed by atoms with Gasteiger partial charge in [0.25, 0.3) is 0 Å². The molecule has 3 nitrogen and oxygen atoms in total. The molecule has 0 amide bonds. The largest absolute Gasteiger partial charge is 0.390 e. The number of ketones is 1. The number of hydrogen-bond acceptors (Lipinski definition) is 2. The minimum absolute atomic E-state index is 0.189. The van der Waals surface area contributed by atoms with Crippen molar-refractivity contribution in [1.29, 1.82) is 0 Å². The van der Waals surface area contributed by atoms with Gasteiger partial charge in [0.15, 0.2) is 5.78 Å². The van der Waals surface area contributed by atoms with Gasteiger partial charge in [-0.15, -0.1) is 0 Å². The third-order valence-corrected chi connectivity index (χ3v) is 9.84. The lowest BCUT2D eigenvalue weighted by Crippen LogP contribution is -2.45. The number of carbonyl (C=O) groups is 1. The number of aliphatic hydroxyl groups is 1. The van der Waals surface area contributed by atoms with Crippen LogP contribution in [0, 0.1) is 35.5 Å². The highest BCUT2D eigenvalue weighted by atomic mass is 16.3. The zero-order valence-electron chi connectivity index (χ0n) is 20.9. The molecule has 1 aromatic carbocycles. The van der Waals surface area contributed by atoms with Crippen LogP contribution in [0.1, 0.15) is 95.0 Å². The number of hydrogen-bond donors (Lipinski definition) is 1. The molecule has 33 heavy (non-hydrogen) atoms. The highest BCUT2D eigenvalue weighted by molar-refractivity contribution is 6.01. The average molecular weight is 450 g/mol. The van der Waals surface area contributed by atoms with Crippen molar-refractivity contribution in [3.63, 3.8) is 0 Å². The number of nitrogens with zero attached hydrogens (tertiary/aromatic N) is 1. The lowest BCUT2D eigenvalue weighted by atomic mass is 9.56. The Balaban J connectivity index is 1.31. The first-order valence-electron chi connectivity index (χ1n) is 13.7. The Labute approximate surface area is 199 Å². The van der Waals surface area contributed by atoms with E-state index in [1.165, 1.54) is 50.3 Å². The maximum atomic E-state index is 13.6. The van der Waals surface area contributed by atoms with Crippen molar-refractivity contribution in [2.75, 3.05) is 0 Å². The fraction of sp³-hybridized carbons (Fsp3) is 0.700. The number of para-hydroxylation sites is 1. The molecule has 5 rings (SSSR count). The van der Waals surface area contributed by atoms with Gasteiger partial charge >= 0.3 is 0 Å². The minimum Gasteiger partial charge on any atom is -0.390 e. The lowest BCUT2D eigenvalue weighted by Gasteiger charge is -2.51. The maximum absolute atomic E-state index is 13.6. The third kappa shape index (κ3) is 4.43. The molecule has 3 aliphatic carbocycles. The molecule has 0 spiro atoms. The number of carbonyl (C=O) groups excluding carboxylic acids is 1. The SMILES string of the molecule is CCCC[C@H]1[C@H]([C@@H]2CC[C@H](C(=O)c3cc4ccccc4n3C)C2)CC[C@@H]2C[C@](C)(O)CC[C@@H]21. The van der Waals surface area contributed by atoms with E-state index in [9.17, 15) is 9.90 Å². The summed E-state index contributed by atoms with van der Waals surface area (Å²) >= 11 is 0. The van der Waals surface area contributed by atoms with Gasteiger partial charge in [0.1, 0.15) is 0 Å². The topological polar surface area (TPSA) is 42.2 Å². The van der Waals surface area contributed by atoms with Crippen molar-refractivity contribution in [3.05, 3.63) is 36.0 Å². The van der Waals surface area contributed by atoms with Gasteiger partial charge in [0.2, 0.25) is 0 Å². The molecule has 1 aromatic heterocycles. The van der Waals surface area contributed by atoms with Gasteiger partial charge in [-0.1, -0.05) is 38.0 Å².